The highest BCUT2D eigenvalue weighted by molar-refractivity contribution is 6.30. The fraction of sp³-hybridized carbons (Fsp3) is 0.304. The van der Waals surface area contributed by atoms with Gasteiger partial charge in [0.1, 0.15) is 23.9 Å². The van der Waals surface area contributed by atoms with Gasteiger partial charge in [0.05, 0.1) is 16.8 Å². The van der Waals surface area contributed by atoms with E-state index in [-0.39, 0.29) is 35.4 Å². The van der Waals surface area contributed by atoms with Crippen molar-refractivity contribution in [2.75, 3.05) is 25.0 Å². The van der Waals surface area contributed by atoms with E-state index in [1.807, 2.05) is 4.90 Å². The summed E-state index contributed by atoms with van der Waals surface area (Å²) in [7, 11) is 1.79. The zero-order chi connectivity index (χ0) is 23.5. The number of nitrogens with one attached hydrogen (secondary N) is 1. The van der Waals surface area contributed by atoms with E-state index < -0.39 is 0 Å². The number of rotatable bonds is 6. The van der Waals surface area contributed by atoms with Crippen molar-refractivity contribution in [3.8, 4) is 11.4 Å². The first-order valence-electron chi connectivity index (χ1n) is 10.5. The highest BCUT2D eigenvalue weighted by Crippen LogP contribution is 2.20. The average molecular weight is 470 g/mol. The van der Waals surface area contributed by atoms with Crippen LogP contribution in [0.25, 0.3) is 5.69 Å². The van der Waals surface area contributed by atoms with Gasteiger partial charge < -0.3 is 19.5 Å². The molecule has 1 saturated heterocycles. The first kappa shape index (κ1) is 22.6. The third kappa shape index (κ3) is 5.09. The van der Waals surface area contributed by atoms with Crippen molar-refractivity contribution in [1.82, 2.24) is 19.4 Å². The first-order chi connectivity index (χ1) is 15.8. The monoisotopic (exact) mass is 469 g/mol. The molecule has 1 N–H and O–H groups in total. The predicted octanol–water partition coefficient (Wildman–Crippen LogP) is 2.21. The average Bonchev–Trinajstić information content (AvgIpc) is 3.29. The predicted molar refractivity (Wildman–Crippen MR) is 125 cm³/mol. The topological polar surface area (TPSA) is 101 Å². The number of H-pyrrole nitrogens is 1. The molecule has 172 valence electrons. The van der Waals surface area contributed by atoms with Crippen LogP contribution in [0.1, 0.15) is 19.0 Å². The number of aromatic nitrogens is 3. The number of aromatic amines is 1. The van der Waals surface area contributed by atoms with Crippen LogP contribution in [-0.4, -0.2) is 51.5 Å². The largest absolute Gasteiger partial charge is 0.487 e. The summed E-state index contributed by atoms with van der Waals surface area (Å²) in [6, 6.07) is 9.89. The number of amides is 1. The Labute approximate surface area is 195 Å². The summed E-state index contributed by atoms with van der Waals surface area (Å²) in [6.07, 6.45) is 3.86. The minimum atomic E-state index is -0.390. The number of halogens is 1. The van der Waals surface area contributed by atoms with Crippen molar-refractivity contribution in [2.45, 2.75) is 26.0 Å². The highest BCUT2D eigenvalue weighted by atomic mass is 35.5. The lowest BCUT2D eigenvalue weighted by atomic mass is 10.2. The molecule has 0 aliphatic carbocycles. The number of carbonyl (C=O) groups excluding carboxylic acids is 1. The van der Waals surface area contributed by atoms with Crippen LogP contribution in [0.5, 0.6) is 5.75 Å². The van der Waals surface area contributed by atoms with Crippen LogP contribution in [-0.2, 0) is 11.4 Å². The Morgan fingerprint density at radius 2 is 2.09 bits per heavy atom. The molecule has 1 fully saturated rings. The second-order valence-corrected chi connectivity index (χ2v) is 8.34. The quantitative estimate of drug-likeness (QED) is 0.594. The minimum Gasteiger partial charge on any atom is -0.487 e. The molecule has 0 bridgehead atoms. The van der Waals surface area contributed by atoms with Crippen molar-refractivity contribution in [3.63, 3.8) is 0 Å². The fourth-order valence-corrected chi connectivity index (χ4v) is 3.87. The van der Waals surface area contributed by atoms with E-state index in [0.717, 1.165) is 13.0 Å². The maximum atomic E-state index is 12.7. The Balaban J connectivity index is 1.47. The maximum Gasteiger partial charge on any atom is 0.273 e. The van der Waals surface area contributed by atoms with Gasteiger partial charge in [0.25, 0.3) is 11.1 Å². The Hall–Kier alpha value is -3.59. The third-order valence-corrected chi connectivity index (χ3v) is 5.97. The molecule has 9 nitrogen and oxygen atoms in total. The standard InChI is InChI=1S/C23H24ClN5O4/c1-15(30)27(2)18-7-9-28(13-18)21-6-5-20(23(32)26-21)29-10-8-19(11-22(29)31)33-14-17-4-3-16(24)12-25-17/h3-6,8,10-12,18H,7,9,13-14H2,1-2H3,(H,26,32). The second-order valence-electron chi connectivity index (χ2n) is 7.90. The van der Waals surface area contributed by atoms with Crippen LogP contribution >= 0.6 is 11.6 Å². The summed E-state index contributed by atoms with van der Waals surface area (Å²) in [6.45, 7) is 3.10. The Kier molecular flexibility index (Phi) is 6.50. The van der Waals surface area contributed by atoms with Crippen molar-refractivity contribution in [1.29, 1.82) is 0 Å². The first-order valence-corrected chi connectivity index (χ1v) is 10.9. The van der Waals surface area contributed by atoms with Gasteiger partial charge in [-0.25, -0.2) is 0 Å². The molecular weight excluding hydrogens is 446 g/mol. The number of hydrogen-bond donors (Lipinski definition) is 1. The van der Waals surface area contributed by atoms with Crippen molar-refractivity contribution in [3.05, 3.63) is 80.2 Å². The lowest BCUT2D eigenvalue weighted by molar-refractivity contribution is -0.129. The van der Waals surface area contributed by atoms with Gasteiger partial charge >= 0.3 is 0 Å². The van der Waals surface area contributed by atoms with Crippen LogP contribution in [0.15, 0.2) is 58.4 Å². The molecule has 1 aliphatic rings. The van der Waals surface area contributed by atoms with E-state index in [1.54, 1.807) is 49.2 Å². The van der Waals surface area contributed by atoms with E-state index in [2.05, 4.69) is 9.97 Å². The molecular formula is C23H24ClN5O4. The van der Waals surface area contributed by atoms with E-state index in [9.17, 15) is 14.4 Å². The Morgan fingerprint density at radius 3 is 2.76 bits per heavy atom. The van der Waals surface area contributed by atoms with Crippen LogP contribution in [0.4, 0.5) is 5.82 Å². The SMILES string of the molecule is CC(=O)N(C)C1CCN(c2ccc(-n3ccc(OCc4ccc(Cl)cn4)cc3=O)c(=O)[nH]2)C1. The van der Waals surface area contributed by atoms with Crippen LogP contribution in [0.2, 0.25) is 5.02 Å². The van der Waals surface area contributed by atoms with Crippen molar-refractivity contribution in [2.24, 2.45) is 0 Å². The maximum absolute atomic E-state index is 12.7. The molecule has 33 heavy (non-hydrogen) atoms. The van der Waals surface area contributed by atoms with Gasteiger partial charge in [0.2, 0.25) is 5.91 Å². The summed E-state index contributed by atoms with van der Waals surface area (Å²) in [5.74, 6) is 1.05. The van der Waals surface area contributed by atoms with Crippen molar-refractivity contribution < 1.29 is 9.53 Å². The molecule has 0 spiro atoms. The van der Waals surface area contributed by atoms with Gasteiger partial charge in [-0.05, 0) is 36.8 Å². The molecule has 10 heteroatoms. The molecule has 4 rings (SSSR count). The van der Waals surface area contributed by atoms with Gasteiger partial charge in [-0.1, -0.05) is 11.6 Å². The van der Waals surface area contributed by atoms with Gasteiger partial charge in [-0.15, -0.1) is 0 Å². The molecule has 1 amide bonds. The number of hydrogen-bond acceptors (Lipinski definition) is 6. The summed E-state index contributed by atoms with van der Waals surface area (Å²) in [5.41, 5.74) is 0.122. The number of carbonyl (C=O) groups is 1. The van der Waals surface area contributed by atoms with E-state index in [0.29, 0.717) is 28.8 Å². The van der Waals surface area contributed by atoms with Crippen LogP contribution in [0, 0.1) is 0 Å². The number of ether oxygens (including phenoxy) is 1. The zero-order valence-electron chi connectivity index (χ0n) is 18.3. The normalized spacial score (nSPS) is 15.5. The van der Waals surface area contributed by atoms with Crippen LogP contribution in [0.3, 0.4) is 0 Å². The lowest BCUT2D eigenvalue weighted by Crippen LogP contribution is -2.38. The molecule has 0 saturated carbocycles. The molecule has 1 aliphatic heterocycles. The minimum absolute atomic E-state index is 0.0157. The number of pyridine rings is 3. The summed E-state index contributed by atoms with van der Waals surface area (Å²) < 4.78 is 6.90. The van der Waals surface area contributed by atoms with Crippen molar-refractivity contribution >= 4 is 23.3 Å². The molecule has 0 radical (unpaired) electrons. The van der Waals surface area contributed by atoms with Crippen LogP contribution < -0.4 is 20.8 Å². The third-order valence-electron chi connectivity index (χ3n) is 5.75. The van der Waals surface area contributed by atoms with Gasteiger partial charge in [-0.3, -0.25) is 23.9 Å². The summed E-state index contributed by atoms with van der Waals surface area (Å²) >= 11 is 5.82. The van der Waals surface area contributed by atoms with E-state index in [1.165, 1.54) is 23.0 Å². The molecule has 3 aromatic rings. The smallest absolute Gasteiger partial charge is 0.273 e. The molecule has 1 unspecified atom stereocenters. The second kappa shape index (κ2) is 9.50. The van der Waals surface area contributed by atoms with E-state index >= 15 is 0 Å². The molecule has 3 aromatic heterocycles. The fourth-order valence-electron chi connectivity index (χ4n) is 3.76. The molecule has 0 aromatic carbocycles. The zero-order valence-corrected chi connectivity index (χ0v) is 19.1. The van der Waals surface area contributed by atoms with Gasteiger partial charge in [-0.2, -0.15) is 0 Å². The molecule has 1 atom stereocenters. The number of nitrogens with zero attached hydrogens (tertiary/aromatic N) is 4. The van der Waals surface area contributed by atoms with Gasteiger partial charge in [0.15, 0.2) is 0 Å². The summed E-state index contributed by atoms with van der Waals surface area (Å²) in [4.78, 5) is 47.7. The van der Waals surface area contributed by atoms with Gasteiger partial charge in [0, 0.05) is 45.5 Å². The highest BCUT2D eigenvalue weighted by Gasteiger charge is 2.27. The number of likely N-dealkylation sites (N-methyl/N-ethyl adjacent to an activating group) is 1. The summed E-state index contributed by atoms with van der Waals surface area (Å²) in [5, 5.41) is 0.533. The van der Waals surface area contributed by atoms with E-state index in [4.69, 9.17) is 16.3 Å². The Morgan fingerprint density at radius 1 is 1.27 bits per heavy atom. The lowest BCUT2D eigenvalue weighted by Gasteiger charge is -2.24. The number of anilines is 1. The Bertz CT molecular complexity index is 1270. The molecule has 4 heterocycles.